The lowest BCUT2D eigenvalue weighted by Gasteiger charge is -2.07. The van der Waals surface area contributed by atoms with E-state index >= 15 is 0 Å². The van der Waals surface area contributed by atoms with Crippen molar-refractivity contribution in [1.29, 1.82) is 0 Å². The van der Waals surface area contributed by atoms with E-state index in [-0.39, 0.29) is 24.2 Å². The van der Waals surface area contributed by atoms with Gasteiger partial charge in [-0.2, -0.15) is 0 Å². The van der Waals surface area contributed by atoms with Crippen LogP contribution in [-0.4, -0.2) is 23.4 Å². The Bertz CT molecular complexity index is 1160. The largest absolute Gasteiger partial charge is 0.484 e. The number of carbonyl (C=O) groups is 2. The van der Waals surface area contributed by atoms with E-state index in [1.54, 1.807) is 54.6 Å². The van der Waals surface area contributed by atoms with E-state index in [4.69, 9.17) is 20.8 Å². The molecule has 2 heterocycles. The molecule has 29 heavy (non-hydrogen) atoms. The van der Waals surface area contributed by atoms with Crippen molar-refractivity contribution in [2.75, 3.05) is 17.2 Å². The van der Waals surface area contributed by atoms with Crippen molar-refractivity contribution in [1.82, 2.24) is 4.98 Å². The molecule has 0 aliphatic heterocycles. The molecule has 0 spiro atoms. The molecule has 0 fully saturated rings. The van der Waals surface area contributed by atoms with Crippen LogP contribution in [0.3, 0.4) is 0 Å². The highest BCUT2D eigenvalue weighted by Gasteiger charge is 2.13. The fourth-order valence-corrected chi connectivity index (χ4v) is 3.53. The predicted molar refractivity (Wildman–Crippen MR) is 112 cm³/mol. The van der Waals surface area contributed by atoms with Crippen molar-refractivity contribution in [3.63, 3.8) is 0 Å². The predicted octanol–water partition coefficient (Wildman–Crippen LogP) is 4.81. The van der Waals surface area contributed by atoms with Crippen molar-refractivity contribution in [3.05, 3.63) is 71.6 Å². The van der Waals surface area contributed by atoms with Gasteiger partial charge < -0.3 is 14.5 Å². The molecular formula is C20H14ClN3O4S. The van der Waals surface area contributed by atoms with Crippen LogP contribution in [0, 0.1) is 0 Å². The Morgan fingerprint density at radius 1 is 1.10 bits per heavy atom. The second-order valence-electron chi connectivity index (χ2n) is 5.92. The summed E-state index contributed by atoms with van der Waals surface area (Å²) in [7, 11) is 0. The molecule has 2 N–H and O–H groups in total. The summed E-state index contributed by atoms with van der Waals surface area (Å²) in [6.45, 7) is -0.132. The van der Waals surface area contributed by atoms with Crippen molar-refractivity contribution < 1.29 is 18.7 Å². The van der Waals surface area contributed by atoms with Crippen molar-refractivity contribution >= 4 is 55.8 Å². The van der Waals surface area contributed by atoms with Gasteiger partial charge >= 0.3 is 0 Å². The lowest BCUT2D eigenvalue weighted by atomic mass is 10.3. The van der Waals surface area contributed by atoms with Crippen LogP contribution in [0.4, 0.5) is 10.8 Å². The Hall–Kier alpha value is -3.36. The van der Waals surface area contributed by atoms with Crippen LogP contribution in [-0.2, 0) is 4.79 Å². The zero-order chi connectivity index (χ0) is 20.2. The number of benzene rings is 2. The second kappa shape index (κ2) is 8.34. The average Bonchev–Trinajstić information content (AvgIpc) is 3.37. The van der Waals surface area contributed by atoms with Gasteiger partial charge in [-0.15, -0.1) is 0 Å². The third kappa shape index (κ3) is 4.74. The first-order chi connectivity index (χ1) is 14.1. The van der Waals surface area contributed by atoms with Crippen LogP contribution >= 0.6 is 22.9 Å². The number of aromatic nitrogens is 1. The molecule has 146 valence electrons. The normalized spacial score (nSPS) is 10.7. The third-order valence-electron chi connectivity index (χ3n) is 3.82. The number of hydrogen-bond donors (Lipinski definition) is 2. The van der Waals surface area contributed by atoms with Gasteiger partial charge in [-0.05, 0) is 54.6 Å². The Labute approximate surface area is 174 Å². The molecule has 0 bridgehead atoms. The molecule has 9 heteroatoms. The molecule has 0 saturated heterocycles. The summed E-state index contributed by atoms with van der Waals surface area (Å²) < 4.78 is 11.3. The quantitative estimate of drug-likeness (QED) is 0.460. The van der Waals surface area contributed by atoms with Crippen molar-refractivity contribution in [2.45, 2.75) is 0 Å². The number of rotatable bonds is 6. The highest BCUT2D eigenvalue weighted by molar-refractivity contribution is 7.22. The molecule has 0 unspecified atom stereocenters. The maximum absolute atomic E-state index is 12.1. The molecule has 7 nitrogen and oxygen atoms in total. The molecule has 0 aliphatic carbocycles. The Morgan fingerprint density at radius 2 is 1.93 bits per heavy atom. The number of anilines is 2. The van der Waals surface area contributed by atoms with E-state index in [1.165, 1.54) is 17.6 Å². The molecule has 0 atom stereocenters. The molecule has 2 aromatic heterocycles. The highest BCUT2D eigenvalue weighted by atomic mass is 35.5. The smallest absolute Gasteiger partial charge is 0.293 e. The van der Waals surface area contributed by atoms with E-state index in [9.17, 15) is 9.59 Å². The van der Waals surface area contributed by atoms with E-state index in [2.05, 4.69) is 15.6 Å². The summed E-state index contributed by atoms with van der Waals surface area (Å²) in [4.78, 5) is 28.5. The van der Waals surface area contributed by atoms with Gasteiger partial charge in [0.2, 0.25) is 0 Å². The first-order valence-corrected chi connectivity index (χ1v) is 9.70. The van der Waals surface area contributed by atoms with Crippen molar-refractivity contribution in [3.8, 4) is 5.75 Å². The first kappa shape index (κ1) is 19.0. The van der Waals surface area contributed by atoms with Gasteiger partial charge in [0, 0.05) is 10.7 Å². The fourth-order valence-electron chi connectivity index (χ4n) is 2.50. The Kier molecular flexibility index (Phi) is 5.46. The minimum Gasteiger partial charge on any atom is -0.484 e. The molecule has 0 aliphatic rings. The maximum atomic E-state index is 12.1. The number of halogens is 1. The number of nitrogens with one attached hydrogen (secondary N) is 2. The van der Waals surface area contributed by atoms with Crippen molar-refractivity contribution in [2.24, 2.45) is 0 Å². The van der Waals surface area contributed by atoms with Crippen LogP contribution in [0.15, 0.2) is 65.3 Å². The Balaban J connectivity index is 1.38. The molecule has 2 amide bonds. The third-order valence-corrected chi connectivity index (χ3v) is 5.01. The standard InChI is InChI=1S/C20H14ClN3O4S/c21-12-3-6-14(7-4-12)28-11-18(25)22-13-5-8-15-17(10-13)29-20(23-15)24-19(26)16-2-1-9-27-16/h1-10H,11H2,(H,22,25)(H,23,24,26). The van der Waals surface area contributed by atoms with Gasteiger partial charge in [0.1, 0.15) is 5.75 Å². The summed E-state index contributed by atoms with van der Waals surface area (Å²) in [5.41, 5.74) is 1.31. The topological polar surface area (TPSA) is 93.5 Å². The summed E-state index contributed by atoms with van der Waals surface area (Å²) >= 11 is 7.11. The number of amides is 2. The lowest BCUT2D eigenvalue weighted by Crippen LogP contribution is -2.20. The van der Waals surface area contributed by atoms with Crippen LogP contribution in [0.1, 0.15) is 10.6 Å². The SMILES string of the molecule is O=C(COc1ccc(Cl)cc1)Nc1ccc2nc(NC(=O)c3ccco3)sc2c1. The van der Waals surface area contributed by atoms with E-state index in [1.807, 2.05) is 0 Å². The molecular weight excluding hydrogens is 414 g/mol. The minimum atomic E-state index is -0.373. The van der Waals surface area contributed by atoms with Gasteiger partial charge in [0.05, 0.1) is 16.5 Å². The average molecular weight is 428 g/mol. The van der Waals surface area contributed by atoms with E-state index < -0.39 is 0 Å². The number of carbonyl (C=O) groups excluding carboxylic acids is 2. The fraction of sp³-hybridized carbons (Fsp3) is 0.0500. The lowest BCUT2D eigenvalue weighted by molar-refractivity contribution is -0.118. The molecule has 4 aromatic rings. The number of nitrogens with zero attached hydrogens (tertiary/aromatic N) is 1. The second-order valence-corrected chi connectivity index (χ2v) is 7.39. The number of hydrogen-bond acceptors (Lipinski definition) is 6. The number of ether oxygens (including phenoxy) is 1. The van der Waals surface area contributed by atoms with Gasteiger partial charge in [0.25, 0.3) is 11.8 Å². The van der Waals surface area contributed by atoms with Gasteiger partial charge in [0.15, 0.2) is 17.5 Å². The van der Waals surface area contributed by atoms with Crippen LogP contribution in [0.25, 0.3) is 10.2 Å². The number of fused-ring (bicyclic) bond motifs is 1. The Morgan fingerprint density at radius 3 is 2.69 bits per heavy atom. The number of thiazole rings is 1. The minimum absolute atomic E-state index is 0.132. The summed E-state index contributed by atoms with van der Waals surface area (Å²) in [6, 6.07) is 15.3. The molecule has 0 radical (unpaired) electrons. The maximum Gasteiger partial charge on any atom is 0.293 e. The number of furan rings is 1. The molecule has 4 rings (SSSR count). The molecule has 0 saturated carbocycles. The first-order valence-electron chi connectivity index (χ1n) is 8.50. The summed E-state index contributed by atoms with van der Waals surface area (Å²) in [6.07, 6.45) is 1.43. The van der Waals surface area contributed by atoms with Gasteiger partial charge in [-0.1, -0.05) is 22.9 Å². The molecule has 2 aromatic carbocycles. The zero-order valence-electron chi connectivity index (χ0n) is 14.8. The van der Waals surface area contributed by atoms with E-state index in [0.717, 1.165) is 4.70 Å². The van der Waals surface area contributed by atoms with Gasteiger partial charge in [-0.25, -0.2) is 4.98 Å². The van der Waals surface area contributed by atoms with Crippen LogP contribution in [0.5, 0.6) is 5.75 Å². The highest BCUT2D eigenvalue weighted by Crippen LogP contribution is 2.28. The van der Waals surface area contributed by atoms with Crippen LogP contribution < -0.4 is 15.4 Å². The summed E-state index contributed by atoms with van der Waals surface area (Å²) in [5.74, 6) is 0.0920. The zero-order valence-corrected chi connectivity index (χ0v) is 16.4. The van der Waals surface area contributed by atoms with Gasteiger partial charge in [-0.3, -0.25) is 14.9 Å². The van der Waals surface area contributed by atoms with E-state index in [0.29, 0.717) is 27.1 Å². The summed E-state index contributed by atoms with van der Waals surface area (Å²) in [5, 5.41) is 6.51. The van der Waals surface area contributed by atoms with Crippen LogP contribution in [0.2, 0.25) is 5.02 Å². The monoisotopic (exact) mass is 427 g/mol.